The molecule has 6 heteroatoms. The number of benzene rings is 1. The Balaban J connectivity index is 2.19. The van der Waals surface area contributed by atoms with Crippen molar-refractivity contribution in [2.75, 3.05) is 13.1 Å². The number of aryl methyl sites for hydroxylation is 2. The Morgan fingerprint density at radius 3 is 2.75 bits per heavy atom. The molecule has 0 saturated carbocycles. The van der Waals surface area contributed by atoms with Gasteiger partial charge in [-0.1, -0.05) is 19.1 Å². The summed E-state index contributed by atoms with van der Waals surface area (Å²) in [6.07, 6.45) is 2.31. The van der Waals surface area contributed by atoms with Crippen LogP contribution < -0.4 is 5.32 Å². The normalized spacial score (nSPS) is 20.6. The van der Waals surface area contributed by atoms with Crippen LogP contribution >= 0.6 is 0 Å². The summed E-state index contributed by atoms with van der Waals surface area (Å²) in [4.78, 5) is 12.7. The Hall–Kier alpha value is -1.40. The minimum atomic E-state index is -3.56. The van der Waals surface area contributed by atoms with Crippen molar-refractivity contribution in [3.63, 3.8) is 0 Å². The van der Waals surface area contributed by atoms with E-state index in [9.17, 15) is 13.2 Å². The van der Waals surface area contributed by atoms with Crippen molar-refractivity contribution in [3.05, 3.63) is 29.3 Å². The Bertz CT molecular complexity index is 700. The molecule has 2 unspecified atom stereocenters. The average Bonchev–Trinajstić information content (AvgIpc) is 2.56. The van der Waals surface area contributed by atoms with Gasteiger partial charge in [-0.15, -0.1) is 0 Å². The van der Waals surface area contributed by atoms with E-state index in [2.05, 4.69) is 5.32 Å². The molecule has 24 heavy (non-hydrogen) atoms. The van der Waals surface area contributed by atoms with E-state index >= 15 is 0 Å². The molecule has 0 aromatic heterocycles. The predicted molar refractivity (Wildman–Crippen MR) is 95.3 cm³/mol. The lowest BCUT2D eigenvalue weighted by molar-refractivity contribution is -0.126. The third-order valence-corrected chi connectivity index (χ3v) is 6.72. The first-order chi connectivity index (χ1) is 11.3. The van der Waals surface area contributed by atoms with Gasteiger partial charge in [0.05, 0.1) is 10.8 Å². The van der Waals surface area contributed by atoms with Crippen molar-refractivity contribution in [2.45, 2.75) is 57.9 Å². The molecule has 2 atom stereocenters. The number of amides is 1. The molecule has 1 aliphatic rings. The zero-order valence-corrected chi connectivity index (χ0v) is 15.8. The lowest BCUT2D eigenvalue weighted by Crippen LogP contribution is -2.47. The topological polar surface area (TPSA) is 66.5 Å². The largest absolute Gasteiger partial charge is 0.353 e. The number of carbonyl (C=O) groups excluding carboxylic acids is 1. The monoisotopic (exact) mass is 352 g/mol. The van der Waals surface area contributed by atoms with Gasteiger partial charge in [0.2, 0.25) is 15.9 Å². The number of rotatable bonds is 5. The van der Waals surface area contributed by atoms with E-state index in [1.165, 1.54) is 4.31 Å². The molecule has 1 aliphatic heterocycles. The third-order valence-electron chi connectivity index (χ3n) is 4.72. The fourth-order valence-electron chi connectivity index (χ4n) is 2.96. The molecule has 0 aliphatic carbocycles. The van der Waals surface area contributed by atoms with Gasteiger partial charge in [0.15, 0.2) is 0 Å². The maximum absolute atomic E-state index is 13.0. The van der Waals surface area contributed by atoms with Gasteiger partial charge in [-0.25, -0.2) is 8.42 Å². The second-order valence-corrected chi connectivity index (χ2v) is 8.70. The van der Waals surface area contributed by atoms with Gasteiger partial charge in [0.25, 0.3) is 0 Å². The van der Waals surface area contributed by atoms with Gasteiger partial charge in [-0.05, 0) is 57.2 Å². The van der Waals surface area contributed by atoms with E-state index in [-0.39, 0.29) is 24.4 Å². The molecule has 1 heterocycles. The summed E-state index contributed by atoms with van der Waals surface area (Å²) < 4.78 is 27.5. The van der Waals surface area contributed by atoms with Crippen LogP contribution in [0, 0.1) is 19.8 Å². The standard InChI is InChI=1S/C18H28N2O3S/c1-5-15(4)19-18(21)16-7-6-10-20(12-16)24(22,23)17-11-13(2)8-9-14(17)3/h8-9,11,15-16H,5-7,10,12H2,1-4H3,(H,19,21). The maximum atomic E-state index is 13.0. The second-order valence-electron chi connectivity index (χ2n) is 6.79. The summed E-state index contributed by atoms with van der Waals surface area (Å²) in [5.41, 5.74) is 1.66. The summed E-state index contributed by atoms with van der Waals surface area (Å²) >= 11 is 0. The molecule has 1 saturated heterocycles. The highest BCUT2D eigenvalue weighted by Gasteiger charge is 2.34. The van der Waals surface area contributed by atoms with Gasteiger partial charge in [0.1, 0.15) is 0 Å². The number of sulfonamides is 1. The highest BCUT2D eigenvalue weighted by atomic mass is 32.2. The minimum Gasteiger partial charge on any atom is -0.353 e. The van der Waals surface area contributed by atoms with Crippen molar-refractivity contribution >= 4 is 15.9 Å². The summed E-state index contributed by atoms with van der Waals surface area (Å²) in [5.74, 6) is -0.308. The van der Waals surface area contributed by atoms with E-state index in [4.69, 9.17) is 0 Å². The van der Waals surface area contributed by atoms with Crippen molar-refractivity contribution in [3.8, 4) is 0 Å². The van der Waals surface area contributed by atoms with E-state index in [1.54, 1.807) is 6.07 Å². The molecule has 1 fully saturated rings. The van der Waals surface area contributed by atoms with Crippen LogP contribution in [-0.2, 0) is 14.8 Å². The zero-order valence-electron chi connectivity index (χ0n) is 15.0. The molecular formula is C18H28N2O3S. The molecule has 1 aromatic rings. The summed E-state index contributed by atoms with van der Waals surface area (Å²) in [6, 6.07) is 5.57. The summed E-state index contributed by atoms with van der Waals surface area (Å²) in [6.45, 7) is 8.41. The van der Waals surface area contributed by atoms with Crippen molar-refractivity contribution < 1.29 is 13.2 Å². The highest BCUT2D eigenvalue weighted by molar-refractivity contribution is 7.89. The van der Waals surface area contributed by atoms with Gasteiger partial charge < -0.3 is 5.32 Å². The van der Waals surface area contributed by atoms with Crippen LogP contribution in [0.5, 0.6) is 0 Å². The molecule has 2 rings (SSSR count). The number of piperidine rings is 1. The Morgan fingerprint density at radius 2 is 2.08 bits per heavy atom. The Labute approximate surface area is 145 Å². The maximum Gasteiger partial charge on any atom is 0.243 e. The predicted octanol–water partition coefficient (Wildman–Crippen LogP) is 2.62. The van der Waals surface area contributed by atoms with Gasteiger partial charge >= 0.3 is 0 Å². The van der Waals surface area contributed by atoms with Crippen LogP contribution in [0.4, 0.5) is 0 Å². The molecule has 0 spiro atoms. The smallest absolute Gasteiger partial charge is 0.243 e. The van der Waals surface area contributed by atoms with Gasteiger partial charge in [-0.2, -0.15) is 4.31 Å². The van der Waals surface area contributed by atoms with Crippen LogP contribution in [0.2, 0.25) is 0 Å². The molecule has 1 aromatic carbocycles. The summed E-state index contributed by atoms with van der Waals surface area (Å²) in [5, 5.41) is 2.97. The number of nitrogens with one attached hydrogen (secondary N) is 1. The molecule has 0 radical (unpaired) electrons. The lowest BCUT2D eigenvalue weighted by Gasteiger charge is -2.32. The lowest BCUT2D eigenvalue weighted by atomic mass is 9.98. The summed E-state index contributed by atoms with van der Waals surface area (Å²) in [7, 11) is -3.56. The fraction of sp³-hybridized carbons (Fsp3) is 0.611. The van der Waals surface area contributed by atoms with E-state index in [1.807, 2.05) is 39.8 Å². The quantitative estimate of drug-likeness (QED) is 0.886. The Morgan fingerprint density at radius 1 is 1.38 bits per heavy atom. The SMILES string of the molecule is CCC(C)NC(=O)C1CCCN(S(=O)(=O)c2cc(C)ccc2C)C1. The van der Waals surface area contributed by atoms with Gasteiger partial charge in [-0.3, -0.25) is 4.79 Å². The fourth-order valence-corrected chi connectivity index (χ4v) is 4.80. The molecule has 1 amide bonds. The Kier molecular flexibility index (Phi) is 6.04. The van der Waals surface area contributed by atoms with Crippen molar-refractivity contribution in [1.82, 2.24) is 9.62 Å². The third kappa shape index (κ3) is 4.16. The first-order valence-corrected chi connectivity index (χ1v) is 10.1. The van der Waals surface area contributed by atoms with Crippen LogP contribution in [0.1, 0.15) is 44.2 Å². The van der Waals surface area contributed by atoms with Crippen LogP contribution in [0.25, 0.3) is 0 Å². The average molecular weight is 353 g/mol. The van der Waals surface area contributed by atoms with E-state index < -0.39 is 10.0 Å². The molecule has 0 bridgehead atoms. The molecular weight excluding hydrogens is 324 g/mol. The van der Waals surface area contributed by atoms with E-state index in [0.29, 0.717) is 17.9 Å². The highest BCUT2D eigenvalue weighted by Crippen LogP contribution is 2.26. The van der Waals surface area contributed by atoms with Gasteiger partial charge in [0, 0.05) is 19.1 Å². The molecule has 134 valence electrons. The minimum absolute atomic E-state index is 0.0368. The van der Waals surface area contributed by atoms with Crippen LogP contribution in [0.3, 0.4) is 0 Å². The first kappa shape index (κ1) is 18.9. The van der Waals surface area contributed by atoms with Crippen LogP contribution in [0.15, 0.2) is 23.1 Å². The van der Waals surface area contributed by atoms with Crippen molar-refractivity contribution in [2.24, 2.45) is 5.92 Å². The van der Waals surface area contributed by atoms with Crippen LogP contribution in [-0.4, -0.2) is 37.8 Å². The first-order valence-electron chi connectivity index (χ1n) is 8.63. The zero-order chi connectivity index (χ0) is 17.9. The molecule has 1 N–H and O–H groups in total. The molecule has 5 nitrogen and oxygen atoms in total. The number of hydrogen-bond acceptors (Lipinski definition) is 3. The number of carbonyl (C=O) groups is 1. The number of hydrogen-bond donors (Lipinski definition) is 1. The van der Waals surface area contributed by atoms with Crippen molar-refractivity contribution in [1.29, 1.82) is 0 Å². The van der Waals surface area contributed by atoms with E-state index in [0.717, 1.165) is 24.0 Å². The number of nitrogens with zero attached hydrogens (tertiary/aromatic N) is 1. The second kappa shape index (κ2) is 7.66.